The van der Waals surface area contributed by atoms with Crippen molar-refractivity contribution in [3.8, 4) is 0 Å². The minimum atomic E-state index is -0.421. The Labute approximate surface area is 94.2 Å². The van der Waals surface area contributed by atoms with Crippen molar-refractivity contribution in [3.05, 3.63) is 31.5 Å². The highest BCUT2D eigenvalue weighted by Gasteiger charge is 2.17. The van der Waals surface area contributed by atoms with Crippen LogP contribution in [0, 0.1) is 0 Å². The highest BCUT2D eigenvalue weighted by atomic mass is 79.9. The number of hydrogen-bond donors (Lipinski definition) is 1. The van der Waals surface area contributed by atoms with Crippen LogP contribution in [0.25, 0.3) is 0 Å². The molecule has 1 N–H and O–H groups in total. The second-order valence-electron chi connectivity index (χ2n) is 3.46. The molecule has 0 radical (unpaired) electrons. The Kier molecular flexibility index (Phi) is 3.06. The number of hydrogen-bond acceptors (Lipinski definition) is 3. The van der Waals surface area contributed by atoms with Gasteiger partial charge >= 0.3 is 5.69 Å². The molecular formula is C9H11BrN2O3. The topological polar surface area (TPSA) is 64.1 Å². The van der Waals surface area contributed by atoms with Gasteiger partial charge in [-0.05, 0) is 35.2 Å². The highest BCUT2D eigenvalue weighted by molar-refractivity contribution is 9.10. The number of ether oxygens (including phenoxy) is 1. The Bertz CT molecular complexity index is 459. The number of aromatic nitrogens is 2. The summed E-state index contributed by atoms with van der Waals surface area (Å²) < 4.78 is 7.22. The van der Waals surface area contributed by atoms with Gasteiger partial charge < -0.3 is 4.74 Å². The summed E-state index contributed by atoms with van der Waals surface area (Å²) in [6, 6.07) is 0. The Morgan fingerprint density at radius 2 is 2.27 bits per heavy atom. The van der Waals surface area contributed by atoms with Crippen LogP contribution in [0.3, 0.4) is 0 Å². The first-order chi connectivity index (χ1) is 7.18. The van der Waals surface area contributed by atoms with Crippen molar-refractivity contribution in [1.29, 1.82) is 0 Å². The number of rotatable bonds is 1. The number of halogens is 1. The molecule has 2 heterocycles. The predicted octanol–water partition coefficient (Wildman–Crippen LogP) is 0.998. The molecule has 1 aromatic heterocycles. The van der Waals surface area contributed by atoms with E-state index < -0.39 is 11.2 Å². The van der Waals surface area contributed by atoms with Gasteiger partial charge in [0.1, 0.15) is 6.23 Å². The van der Waals surface area contributed by atoms with Crippen molar-refractivity contribution in [3.63, 3.8) is 0 Å². The third kappa shape index (κ3) is 2.21. The lowest BCUT2D eigenvalue weighted by Crippen LogP contribution is -2.34. The lowest BCUT2D eigenvalue weighted by atomic mass is 10.2. The molecule has 0 aliphatic carbocycles. The third-order valence-electron chi connectivity index (χ3n) is 2.39. The average Bonchev–Trinajstić information content (AvgIpc) is 2.25. The summed E-state index contributed by atoms with van der Waals surface area (Å²) in [6.07, 6.45) is 4.10. The van der Waals surface area contributed by atoms with Crippen LogP contribution in [0.2, 0.25) is 0 Å². The number of H-pyrrole nitrogens is 1. The van der Waals surface area contributed by atoms with Crippen molar-refractivity contribution in [2.24, 2.45) is 0 Å². The number of nitrogens with zero attached hydrogens (tertiary/aromatic N) is 1. The summed E-state index contributed by atoms with van der Waals surface area (Å²) in [4.78, 5) is 24.8. The van der Waals surface area contributed by atoms with E-state index in [1.54, 1.807) is 0 Å². The predicted molar refractivity (Wildman–Crippen MR) is 57.9 cm³/mol. The summed E-state index contributed by atoms with van der Waals surface area (Å²) in [7, 11) is 0. The Morgan fingerprint density at radius 3 is 2.93 bits per heavy atom. The van der Waals surface area contributed by atoms with E-state index in [2.05, 4.69) is 20.9 Å². The number of nitrogens with one attached hydrogen (secondary N) is 1. The zero-order valence-corrected chi connectivity index (χ0v) is 9.62. The summed E-state index contributed by atoms with van der Waals surface area (Å²) >= 11 is 3.09. The van der Waals surface area contributed by atoms with E-state index in [4.69, 9.17) is 4.74 Å². The van der Waals surface area contributed by atoms with E-state index in [1.807, 2.05) is 0 Å². The number of aromatic amines is 1. The van der Waals surface area contributed by atoms with E-state index in [1.165, 1.54) is 10.8 Å². The highest BCUT2D eigenvalue weighted by Crippen LogP contribution is 2.20. The van der Waals surface area contributed by atoms with Crippen LogP contribution in [0.1, 0.15) is 25.5 Å². The first-order valence-corrected chi connectivity index (χ1v) is 5.60. The van der Waals surface area contributed by atoms with E-state index in [9.17, 15) is 9.59 Å². The first kappa shape index (κ1) is 10.6. The second kappa shape index (κ2) is 4.32. The van der Waals surface area contributed by atoms with Crippen molar-refractivity contribution in [1.82, 2.24) is 9.55 Å². The molecule has 1 aliphatic heterocycles. The molecule has 0 saturated carbocycles. The average molecular weight is 275 g/mol. The van der Waals surface area contributed by atoms with Crippen LogP contribution < -0.4 is 11.2 Å². The minimum absolute atomic E-state index is 0.251. The molecule has 1 unspecified atom stereocenters. The summed E-state index contributed by atoms with van der Waals surface area (Å²) in [5.74, 6) is 0. The van der Waals surface area contributed by atoms with Crippen molar-refractivity contribution >= 4 is 15.9 Å². The first-order valence-electron chi connectivity index (χ1n) is 4.81. The maximum atomic E-state index is 11.5. The smallest absolute Gasteiger partial charge is 0.330 e. The maximum Gasteiger partial charge on any atom is 0.330 e. The molecule has 5 nitrogen and oxygen atoms in total. The molecule has 0 bridgehead atoms. The fourth-order valence-electron chi connectivity index (χ4n) is 1.62. The molecule has 0 aromatic carbocycles. The Hall–Kier alpha value is -0.880. The van der Waals surface area contributed by atoms with Crippen LogP contribution >= 0.6 is 15.9 Å². The van der Waals surface area contributed by atoms with Crippen molar-refractivity contribution in [2.75, 3.05) is 6.61 Å². The van der Waals surface area contributed by atoms with E-state index >= 15 is 0 Å². The zero-order valence-electron chi connectivity index (χ0n) is 8.03. The van der Waals surface area contributed by atoms with Crippen LogP contribution in [0.4, 0.5) is 0 Å². The van der Waals surface area contributed by atoms with Crippen LogP contribution in [-0.2, 0) is 4.74 Å². The van der Waals surface area contributed by atoms with E-state index in [0.29, 0.717) is 11.1 Å². The van der Waals surface area contributed by atoms with E-state index in [0.717, 1.165) is 19.3 Å². The lowest BCUT2D eigenvalue weighted by Gasteiger charge is -2.24. The van der Waals surface area contributed by atoms with Crippen LogP contribution in [0.5, 0.6) is 0 Å². The van der Waals surface area contributed by atoms with Gasteiger partial charge in [0.15, 0.2) is 0 Å². The Balaban J connectivity index is 2.39. The molecule has 0 spiro atoms. The Morgan fingerprint density at radius 1 is 1.47 bits per heavy atom. The summed E-state index contributed by atoms with van der Waals surface area (Å²) in [5, 5.41) is 0. The van der Waals surface area contributed by atoms with Gasteiger partial charge in [-0.3, -0.25) is 14.3 Å². The second-order valence-corrected chi connectivity index (χ2v) is 4.32. The fraction of sp³-hybridized carbons (Fsp3) is 0.556. The molecule has 15 heavy (non-hydrogen) atoms. The lowest BCUT2D eigenvalue weighted by molar-refractivity contribution is -0.0350. The SMILES string of the molecule is O=c1[nH]c(=O)n(C2CCCCO2)cc1Br. The molecule has 82 valence electrons. The molecular weight excluding hydrogens is 264 g/mol. The largest absolute Gasteiger partial charge is 0.358 e. The fourth-order valence-corrected chi connectivity index (χ4v) is 1.94. The molecule has 6 heteroatoms. The van der Waals surface area contributed by atoms with Crippen molar-refractivity contribution < 1.29 is 4.74 Å². The minimum Gasteiger partial charge on any atom is -0.358 e. The van der Waals surface area contributed by atoms with Gasteiger partial charge in [0.25, 0.3) is 5.56 Å². The molecule has 1 aromatic rings. The van der Waals surface area contributed by atoms with Crippen LogP contribution in [0.15, 0.2) is 20.3 Å². The van der Waals surface area contributed by atoms with Gasteiger partial charge in [-0.2, -0.15) is 0 Å². The molecule has 1 atom stereocenters. The van der Waals surface area contributed by atoms with Crippen LogP contribution in [-0.4, -0.2) is 16.2 Å². The van der Waals surface area contributed by atoms with Gasteiger partial charge in [0.2, 0.25) is 0 Å². The maximum absolute atomic E-state index is 11.5. The zero-order chi connectivity index (χ0) is 10.8. The summed E-state index contributed by atoms with van der Waals surface area (Å²) in [6.45, 7) is 0.661. The van der Waals surface area contributed by atoms with Gasteiger partial charge in [0, 0.05) is 12.8 Å². The standard InChI is InChI=1S/C9H11BrN2O3/c10-6-5-12(9(14)11-8(6)13)7-3-1-2-4-15-7/h5,7H,1-4H2,(H,11,13,14). The molecule has 1 saturated heterocycles. The quantitative estimate of drug-likeness (QED) is 0.831. The normalized spacial score (nSPS) is 21.5. The summed E-state index contributed by atoms with van der Waals surface area (Å²) in [5.41, 5.74) is -0.831. The molecule has 0 amide bonds. The van der Waals surface area contributed by atoms with Gasteiger partial charge in [-0.25, -0.2) is 4.79 Å². The van der Waals surface area contributed by atoms with Gasteiger partial charge in [0.05, 0.1) is 4.47 Å². The van der Waals surface area contributed by atoms with Gasteiger partial charge in [-0.15, -0.1) is 0 Å². The van der Waals surface area contributed by atoms with Crippen molar-refractivity contribution in [2.45, 2.75) is 25.5 Å². The molecule has 2 rings (SSSR count). The molecule has 1 fully saturated rings. The van der Waals surface area contributed by atoms with Gasteiger partial charge in [-0.1, -0.05) is 0 Å². The van der Waals surface area contributed by atoms with E-state index in [-0.39, 0.29) is 6.23 Å². The third-order valence-corrected chi connectivity index (χ3v) is 2.96. The molecule has 1 aliphatic rings. The monoisotopic (exact) mass is 274 g/mol.